The molecule has 1 unspecified atom stereocenters. The Morgan fingerprint density at radius 1 is 1.44 bits per heavy atom. The Morgan fingerprint density at radius 3 is 2.50 bits per heavy atom. The molecule has 0 aliphatic carbocycles. The number of hydrogen-bond acceptors (Lipinski definition) is 4. The largest absolute Gasteiger partial charge is 0.508 e. The number of carboxylic acid groups (broad SMARTS) is 1. The van der Waals surface area contributed by atoms with E-state index in [9.17, 15) is 9.90 Å². The minimum Gasteiger partial charge on any atom is -0.508 e. The van der Waals surface area contributed by atoms with Crippen molar-refractivity contribution in [2.45, 2.75) is 25.3 Å². The van der Waals surface area contributed by atoms with Crippen LogP contribution in [0.5, 0.6) is 11.5 Å². The first-order chi connectivity index (χ1) is 7.39. The smallest absolute Gasteiger partial charge is 0.324 e. The maximum Gasteiger partial charge on any atom is 0.324 e. The average Bonchev–Trinajstić information content (AvgIpc) is 2.22. The summed E-state index contributed by atoms with van der Waals surface area (Å²) in [6.07, 6.45) is 0.271. The molecule has 0 saturated carbocycles. The fourth-order valence-electron chi connectivity index (χ4n) is 1.39. The number of hydrogen-bond donors (Lipinski definition) is 4. The fraction of sp³-hybridized carbons (Fsp3) is 0.364. The topological polar surface area (TPSA) is 104 Å². The van der Waals surface area contributed by atoms with E-state index in [1.165, 1.54) is 12.1 Å². The summed E-state index contributed by atoms with van der Waals surface area (Å²) in [7, 11) is 0. The second kappa shape index (κ2) is 4.40. The van der Waals surface area contributed by atoms with Gasteiger partial charge in [0.25, 0.3) is 0 Å². The lowest BCUT2D eigenvalue weighted by Crippen LogP contribution is -2.49. The second-order valence-corrected chi connectivity index (χ2v) is 3.80. The first-order valence-corrected chi connectivity index (χ1v) is 4.92. The van der Waals surface area contributed by atoms with Gasteiger partial charge >= 0.3 is 5.97 Å². The van der Waals surface area contributed by atoms with Crippen LogP contribution in [0.2, 0.25) is 0 Å². The van der Waals surface area contributed by atoms with E-state index in [-0.39, 0.29) is 24.3 Å². The summed E-state index contributed by atoms with van der Waals surface area (Å²) < 4.78 is 0. The van der Waals surface area contributed by atoms with E-state index in [1.54, 1.807) is 6.92 Å². The van der Waals surface area contributed by atoms with Crippen molar-refractivity contribution in [2.75, 3.05) is 0 Å². The molecule has 0 aromatic heterocycles. The van der Waals surface area contributed by atoms with E-state index in [4.69, 9.17) is 15.9 Å². The molecule has 0 aliphatic rings. The quantitative estimate of drug-likeness (QED) is 0.607. The standard InChI is InChI=1S/C11H15NO4/c1-2-11(12,10(15)16)6-7-3-4-8(13)5-9(7)14/h3-5,13-14H,2,6,12H2,1H3,(H,15,16). The van der Waals surface area contributed by atoms with Gasteiger partial charge in [-0.3, -0.25) is 4.79 Å². The summed E-state index contributed by atoms with van der Waals surface area (Å²) in [6, 6.07) is 4.01. The van der Waals surface area contributed by atoms with Gasteiger partial charge in [-0.25, -0.2) is 0 Å². The molecule has 16 heavy (non-hydrogen) atoms. The Labute approximate surface area is 93.1 Å². The van der Waals surface area contributed by atoms with Gasteiger partial charge in [0.2, 0.25) is 0 Å². The third-order valence-corrected chi connectivity index (χ3v) is 2.63. The number of nitrogens with two attached hydrogens (primary N) is 1. The average molecular weight is 225 g/mol. The van der Waals surface area contributed by atoms with Crippen LogP contribution >= 0.6 is 0 Å². The van der Waals surface area contributed by atoms with E-state index in [1.807, 2.05) is 0 Å². The van der Waals surface area contributed by atoms with Crippen LogP contribution in [0, 0.1) is 0 Å². The van der Waals surface area contributed by atoms with Gasteiger partial charge in [-0.05, 0) is 18.1 Å². The number of aromatic hydroxyl groups is 2. The molecule has 1 atom stereocenters. The predicted octanol–water partition coefficient (Wildman–Crippen LogP) is 0.832. The Balaban J connectivity index is 2.99. The van der Waals surface area contributed by atoms with E-state index >= 15 is 0 Å². The number of carbonyl (C=O) groups is 1. The lowest BCUT2D eigenvalue weighted by Gasteiger charge is -2.23. The molecular formula is C11H15NO4. The highest BCUT2D eigenvalue weighted by Crippen LogP contribution is 2.26. The predicted molar refractivity (Wildman–Crippen MR) is 58.3 cm³/mol. The molecule has 0 heterocycles. The van der Waals surface area contributed by atoms with E-state index in [2.05, 4.69) is 0 Å². The first-order valence-electron chi connectivity index (χ1n) is 4.92. The number of carboxylic acids is 1. The SMILES string of the molecule is CCC(N)(Cc1ccc(O)cc1O)C(=O)O. The lowest BCUT2D eigenvalue weighted by molar-refractivity contribution is -0.143. The fourth-order valence-corrected chi connectivity index (χ4v) is 1.39. The van der Waals surface area contributed by atoms with Crippen molar-refractivity contribution in [3.05, 3.63) is 23.8 Å². The molecule has 5 nitrogen and oxygen atoms in total. The summed E-state index contributed by atoms with van der Waals surface area (Å²) in [5.74, 6) is -1.33. The number of phenolic OH excluding ortho intramolecular Hbond substituents is 2. The zero-order chi connectivity index (χ0) is 12.3. The van der Waals surface area contributed by atoms with Gasteiger partial charge < -0.3 is 21.1 Å². The Bertz CT molecular complexity index is 405. The molecule has 0 amide bonds. The van der Waals surface area contributed by atoms with Crippen LogP contribution < -0.4 is 5.73 Å². The van der Waals surface area contributed by atoms with Crippen LogP contribution in [-0.4, -0.2) is 26.8 Å². The zero-order valence-corrected chi connectivity index (χ0v) is 8.97. The van der Waals surface area contributed by atoms with Crippen LogP contribution in [0.3, 0.4) is 0 Å². The van der Waals surface area contributed by atoms with Gasteiger partial charge in [-0.15, -0.1) is 0 Å². The molecule has 1 aromatic rings. The number of benzene rings is 1. The van der Waals surface area contributed by atoms with Crippen LogP contribution in [0.15, 0.2) is 18.2 Å². The molecule has 0 saturated heterocycles. The molecule has 88 valence electrons. The highest BCUT2D eigenvalue weighted by atomic mass is 16.4. The molecule has 1 rings (SSSR count). The van der Waals surface area contributed by atoms with Crippen molar-refractivity contribution in [3.8, 4) is 11.5 Å². The number of phenols is 2. The molecular weight excluding hydrogens is 210 g/mol. The van der Waals surface area contributed by atoms with Crippen LogP contribution in [0.4, 0.5) is 0 Å². The maximum absolute atomic E-state index is 11.0. The molecule has 0 aliphatic heterocycles. The molecule has 0 radical (unpaired) electrons. The summed E-state index contributed by atoms with van der Waals surface area (Å²) >= 11 is 0. The monoisotopic (exact) mass is 225 g/mol. The summed E-state index contributed by atoms with van der Waals surface area (Å²) in [6.45, 7) is 1.67. The lowest BCUT2D eigenvalue weighted by atomic mass is 9.89. The Hall–Kier alpha value is -1.75. The molecule has 5 heteroatoms. The highest BCUT2D eigenvalue weighted by Gasteiger charge is 2.32. The zero-order valence-electron chi connectivity index (χ0n) is 8.97. The van der Waals surface area contributed by atoms with Gasteiger partial charge in [0.05, 0.1) is 0 Å². The van der Waals surface area contributed by atoms with Crippen molar-refractivity contribution in [3.63, 3.8) is 0 Å². The van der Waals surface area contributed by atoms with Gasteiger partial charge in [-0.1, -0.05) is 13.0 Å². The normalized spacial score (nSPS) is 14.4. The van der Waals surface area contributed by atoms with E-state index < -0.39 is 11.5 Å². The van der Waals surface area contributed by atoms with Gasteiger partial charge in [0.15, 0.2) is 0 Å². The summed E-state index contributed by atoms with van der Waals surface area (Å²) in [5, 5.41) is 27.6. The Kier molecular flexibility index (Phi) is 3.39. The summed E-state index contributed by atoms with van der Waals surface area (Å²) in [4.78, 5) is 11.0. The molecule has 5 N–H and O–H groups in total. The molecule has 0 fully saturated rings. The third-order valence-electron chi connectivity index (χ3n) is 2.63. The van der Waals surface area contributed by atoms with Crippen molar-refractivity contribution >= 4 is 5.97 Å². The van der Waals surface area contributed by atoms with Crippen molar-refractivity contribution in [1.29, 1.82) is 0 Å². The van der Waals surface area contributed by atoms with E-state index in [0.29, 0.717) is 5.56 Å². The minimum absolute atomic E-state index is 0.0188. The molecule has 0 bridgehead atoms. The van der Waals surface area contributed by atoms with Gasteiger partial charge in [-0.2, -0.15) is 0 Å². The first kappa shape index (κ1) is 12.3. The summed E-state index contributed by atoms with van der Waals surface area (Å²) in [5.41, 5.74) is 4.72. The minimum atomic E-state index is -1.39. The highest BCUT2D eigenvalue weighted by molar-refractivity contribution is 5.79. The molecule has 1 aromatic carbocycles. The van der Waals surface area contributed by atoms with Gasteiger partial charge in [0.1, 0.15) is 17.0 Å². The molecule has 0 spiro atoms. The van der Waals surface area contributed by atoms with Crippen LogP contribution in [-0.2, 0) is 11.2 Å². The van der Waals surface area contributed by atoms with Crippen molar-refractivity contribution in [1.82, 2.24) is 0 Å². The maximum atomic E-state index is 11.0. The number of rotatable bonds is 4. The van der Waals surface area contributed by atoms with E-state index in [0.717, 1.165) is 6.07 Å². The van der Waals surface area contributed by atoms with Crippen LogP contribution in [0.25, 0.3) is 0 Å². The van der Waals surface area contributed by atoms with Crippen molar-refractivity contribution < 1.29 is 20.1 Å². The van der Waals surface area contributed by atoms with Crippen LogP contribution in [0.1, 0.15) is 18.9 Å². The van der Waals surface area contributed by atoms with Crippen molar-refractivity contribution in [2.24, 2.45) is 5.73 Å². The second-order valence-electron chi connectivity index (χ2n) is 3.80. The Morgan fingerprint density at radius 2 is 2.06 bits per heavy atom. The third kappa shape index (κ3) is 2.43. The number of aliphatic carboxylic acids is 1. The van der Waals surface area contributed by atoms with Gasteiger partial charge in [0, 0.05) is 12.5 Å².